The lowest BCUT2D eigenvalue weighted by Crippen LogP contribution is -2.14. The third kappa shape index (κ3) is 1.05. The first kappa shape index (κ1) is 8.09. The van der Waals surface area contributed by atoms with E-state index in [4.69, 9.17) is 17.3 Å². The summed E-state index contributed by atoms with van der Waals surface area (Å²) in [6.07, 6.45) is 1.05. The Morgan fingerprint density at radius 2 is 2.08 bits per heavy atom. The van der Waals surface area contributed by atoms with E-state index >= 15 is 0 Å². The molecule has 2 atom stereocenters. The molecule has 0 radical (unpaired) electrons. The number of hydrogen-bond donors (Lipinski definition) is 1. The molecule has 0 spiro atoms. The standard InChI is InChI=1S/C10H12ClN/c1-10(6-9(10)12)7-4-2-3-5-8(7)11/h2-5,9H,6,12H2,1H3/t9-,10+/m1/s1. The highest BCUT2D eigenvalue weighted by Crippen LogP contribution is 2.48. The van der Waals surface area contributed by atoms with Crippen LogP contribution in [0.1, 0.15) is 18.9 Å². The Morgan fingerprint density at radius 1 is 1.50 bits per heavy atom. The molecule has 0 amide bonds. The fraction of sp³-hybridized carbons (Fsp3) is 0.400. The predicted molar refractivity (Wildman–Crippen MR) is 51.4 cm³/mol. The Morgan fingerprint density at radius 3 is 2.58 bits per heavy atom. The summed E-state index contributed by atoms with van der Waals surface area (Å²) in [5.74, 6) is 0. The lowest BCUT2D eigenvalue weighted by Gasteiger charge is -2.11. The van der Waals surface area contributed by atoms with Crippen molar-refractivity contribution in [3.63, 3.8) is 0 Å². The van der Waals surface area contributed by atoms with E-state index in [0.29, 0.717) is 0 Å². The average Bonchev–Trinajstić information content (AvgIpc) is 2.61. The number of halogens is 1. The minimum atomic E-state index is 0.137. The van der Waals surface area contributed by atoms with Crippen LogP contribution in [0.3, 0.4) is 0 Å². The van der Waals surface area contributed by atoms with Crippen molar-refractivity contribution in [1.82, 2.24) is 0 Å². The maximum atomic E-state index is 6.06. The lowest BCUT2D eigenvalue weighted by atomic mass is 9.98. The molecule has 2 rings (SSSR count). The van der Waals surface area contributed by atoms with Crippen molar-refractivity contribution in [1.29, 1.82) is 0 Å². The van der Waals surface area contributed by atoms with Crippen LogP contribution in [0.2, 0.25) is 5.02 Å². The molecule has 1 nitrogen and oxygen atoms in total. The Labute approximate surface area is 77.5 Å². The van der Waals surface area contributed by atoms with Crippen LogP contribution in [0.4, 0.5) is 0 Å². The second-order valence-electron chi connectivity index (χ2n) is 3.71. The fourth-order valence-corrected chi connectivity index (χ4v) is 1.98. The van der Waals surface area contributed by atoms with Gasteiger partial charge in [-0.15, -0.1) is 0 Å². The van der Waals surface area contributed by atoms with Crippen molar-refractivity contribution in [2.24, 2.45) is 5.73 Å². The molecule has 1 aromatic rings. The van der Waals surface area contributed by atoms with Crippen molar-refractivity contribution in [3.05, 3.63) is 34.9 Å². The van der Waals surface area contributed by atoms with Gasteiger partial charge in [-0.25, -0.2) is 0 Å². The summed E-state index contributed by atoms with van der Waals surface area (Å²) in [5, 5.41) is 0.841. The van der Waals surface area contributed by atoms with Gasteiger partial charge in [0.1, 0.15) is 0 Å². The molecule has 0 bridgehead atoms. The minimum Gasteiger partial charge on any atom is -0.327 e. The van der Waals surface area contributed by atoms with Gasteiger partial charge in [-0.1, -0.05) is 36.7 Å². The highest BCUT2D eigenvalue weighted by molar-refractivity contribution is 6.31. The summed E-state index contributed by atoms with van der Waals surface area (Å²) >= 11 is 6.06. The molecular formula is C10H12ClN. The topological polar surface area (TPSA) is 26.0 Å². The van der Waals surface area contributed by atoms with Gasteiger partial charge < -0.3 is 5.73 Å². The Hall–Kier alpha value is -0.530. The molecule has 12 heavy (non-hydrogen) atoms. The molecule has 0 saturated heterocycles. The quantitative estimate of drug-likeness (QED) is 0.707. The molecule has 0 unspecified atom stereocenters. The first-order valence-electron chi connectivity index (χ1n) is 4.15. The van der Waals surface area contributed by atoms with E-state index in [1.54, 1.807) is 0 Å². The largest absolute Gasteiger partial charge is 0.327 e. The van der Waals surface area contributed by atoms with Gasteiger partial charge in [0, 0.05) is 16.5 Å². The molecule has 1 aliphatic carbocycles. The first-order chi connectivity index (χ1) is 5.64. The van der Waals surface area contributed by atoms with E-state index in [0.717, 1.165) is 11.4 Å². The van der Waals surface area contributed by atoms with Crippen LogP contribution in [0, 0.1) is 0 Å². The van der Waals surface area contributed by atoms with Crippen LogP contribution in [-0.2, 0) is 5.41 Å². The number of benzene rings is 1. The molecule has 0 aromatic heterocycles. The zero-order valence-electron chi connectivity index (χ0n) is 7.05. The zero-order chi connectivity index (χ0) is 8.77. The monoisotopic (exact) mass is 181 g/mol. The van der Waals surface area contributed by atoms with E-state index in [1.807, 2.05) is 18.2 Å². The zero-order valence-corrected chi connectivity index (χ0v) is 7.81. The van der Waals surface area contributed by atoms with Gasteiger partial charge in [0.05, 0.1) is 0 Å². The summed E-state index contributed by atoms with van der Waals surface area (Å²) in [4.78, 5) is 0. The molecule has 1 aliphatic rings. The van der Waals surface area contributed by atoms with Gasteiger partial charge in [-0.3, -0.25) is 0 Å². The van der Waals surface area contributed by atoms with E-state index in [-0.39, 0.29) is 11.5 Å². The molecular weight excluding hydrogens is 170 g/mol. The van der Waals surface area contributed by atoms with Crippen LogP contribution in [0.5, 0.6) is 0 Å². The summed E-state index contributed by atoms with van der Waals surface area (Å²) in [5.41, 5.74) is 7.17. The molecule has 2 N–H and O–H groups in total. The minimum absolute atomic E-state index is 0.137. The molecule has 0 aliphatic heterocycles. The molecule has 0 heterocycles. The number of rotatable bonds is 1. The molecule has 64 valence electrons. The lowest BCUT2D eigenvalue weighted by molar-refractivity contribution is 0.741. The van der Waals surface area contributed by atoms with Crippen molar-refractivity contribution in [2.45, 2.75) is 24.8 Å². The Balaban J connectivity index is 2.41. The molecule has 1 aromatic carbocycles. The molecule has 2 heteroatoms. The van der Waals surface area contributed by atoms with Gasteiger partial charge in [0.2, 0.25) is 0 Å². The van der Waals surface area contributed by atoms with E-state index in [2.05, 4.69) is 13.0 Å². The van der Waals surface area contributed by atoms with Crippen molar-refractivity contribution in [2.75, 3.05) is 0 Å². The summed E-state index contributed by atoms with van der Waals surface area (Å²) in [7, 11) is 0. The third-order valence-electron chi connectivity index (χ3n) is 2.79. The normalized spacial score (nSPS) is 33.4. The van der Waals surface area contributed by atoms with Crippen LogP contribution < -0.4 is 5.73 Å². The van der Waals surface area contributed by atoms with Gasteiger partial charge >= 0.3 is 0 Å². The van der Waals surface area contributed by atoms with Crippen molar-refractivity contribution in [3.8, 4) is 0 Å². The summed E-state index contributed by atoms with van der Waals surface area (Å²) < 4.78 is 0. The number of hydrogen-bond acceptors (Lipinski definition) is 1. The fourth-order valence-electron chi connectivity index (χ4n) is 1.63. The van der Waals surface area contributed by atoms with Gasteiger partial charge in [0.15, 0.2) is 0 Å². The first-order valence-corrected chi connectivity index (χ1v) is 4.53. The van der Waals surface area contributed by atoms with Gasteiger partial charge in [0.25, 0.3) is 0 Å². The van der Waals surface area contributed by atoms with Crippen LogP contribution in [0.15, 0.2) is 24.3 Å². The van der Waals surface area contributed by atoms with Crippen LogP contribution in [0.25, 0.3) is 0 Å². The van der Waals surface area contributed by atoms with E-state index in [9.17, 15) is 0 Å². The van der Waals surface area contributed by atoms with Crippen molar-refractivity contribution < 1.29 is 0 Å². The second-order valence-corrected chi connectivity index (χ2v) is 4.12. The third-order valence-corrected chi connectivity index (χ3v) is 3.12. The molecule has 1 fully saturated rings. The summed E-state index contributed by atoms with van der Waals surface area (Å²) in [6.45, 7) is 2.17. The number of nitrogens with two attached hydrogens (primary N) is 1. The smallest absolute Gasteiger partial charge is 0.0444 e. The maximum Gasteiger partial charge on any atom is 0.0444 e. The average molecular weight is 182 g/mol. The van der Waals surface area contributed by atoms with E-state index in [1.165, 1.54) is 5.56 Å². The molecule has 1 saturated carbocycles. The van der Waals surface area contributed by atoms with E-state index < -0.39 is 0 Å². The van der Waals surface area contributed by atoms with Crippen LogP contribution >= 0.6 is 11.6 Å². The van der Waals surface area contributed by atoms with Gasteiger partial charge in [-0.05, 0) is 18.1 Å². The maximum absolute atomic E-state index is 6.06. The van der Waals surface area contributed by atoms with Gasteiger partial charge in [-0.2, -0.15) is 0 Å². The highest BCUT2D eigenvalue weighted by Gasteiger charge is 2.49. The highest BCUT2D eigenvalue weighted by atomic mass is 35.5. The predicted octanol–water partition coefficient (Wildman–Crippen LogP) is 2.33. The van der Waals surface area contributed by atoms with Crippen LogP contribution in [-0.4, -0.2) is 6.04 Å². The van der Waals surface area contributed by atoms with Crippen molar-refractivity contribution >= 4 is 11.6 Å². The second kappa shape index (κ2) is 2.48. The summed E-state index contributed by atoms with van der Waals surface area (Å²) in [6, 6.07) is 8.24. The SMILES string of the molecule is C[C@@]1(c2ccccc2Cl)C[C@H]1N. The Kier molecular flexibility index (Phi) is 1.67. The Bertz CT molecular complexity index is 310.